The largest absolute Gasteiger partial charge is 0.337 e. The second kappa shape index (κ2) is 6.22. The van der Waals surface area contributed by atoms with Crippen LogP contribution in [0.3, 0.4) is 0 Å². The predicted octanol–water partition coefficient (Wildman–Crippen LogP) is 3.15. The average molecular weight is 302 g/mol. The van der Waals surface area contributed by atoms with Crippen LogP contribution in [-0.4, -0.2) is 33.9 Å². The molecule has 1 aliphatic rings. The number of amides is 1. The molecule has 21 heavy (non-hydrogen) atoms. The maximum absolute atomic E-state index is 12.4. The smallest absolute Gasteiger partial charge is 0.274 e. The minimum Gasteiger partial charge on any atom is -0.337 e. The lowest BCUT2D eigenvalue weighted by atomic mass is 9.89. The van der Waals surface area contributed by atoms with Gasteiger partial charge in [0.2, 0.25) is 0 Å². The highest BCUT2D eigenvalue weighted by molar-refractivity contribution is 6.29. The normalized spacial score (nSPS) is 16.0. The van der Waals surface area contributed by atoms with Crippen LogP contribution >= 0.6 is 11.6 Å². The molecular weight excluding hydrogens is 286 g/mol. The van der Waals surface area contributed by atoms with Gasteiger partial charge in [0.1, 0.15) is 10.8 Å². The molecule has 108 valence electrons. The summed E-state index contributed by atoms with van der Waals surface area (Å²) in [4.78, 5) is 22.2. The van der Waals surface area contributed by atoms with Crippen molar-refractivity contribution in [2.45, 2.75) is 18.8 Å². The van der Waals surface area contributed by atoms with Gasteiger partial charge in [-0.25, -0.2) is 4.98 Å². The highest BCUT2D eigenvalue weighted by atomic mass is 35.5. The minimum atomic E-state index is -0.0866. The van der Waals surface area contributed by atoms with Crippen molar-refractivity contribution in [3.05, 3.63) is 59.1 Å². The molecule has 0 aliphatic carbocycles. The Morgan fingerprint density at radius 1 is 1.14 bits per heavy atom. The van der Waals surface area contributed by atoms with Crippen molar-refractivity contribution in [3.8, 4) is 0 Å². The summed E-state index contributed by atoms with van der Waals surface area (Å²) in [7, 11) is 0. The fourth-order valence-corrected chi connectivity index (χ4v) is 2.90. The van der Waals surface area contributed by atoms with E-state index < -0.39 is 0 Å². The molecule has 1 amide bonds. The van der Waals surface area contributed by atoms with E-state index in [0.29, 0.717) is 11.6 Å². The molecule has 0 unspecified atom stereocenters. The van der Waals surface area contributed by atoms with E-state index in [0.717, 1.165) is 25.9 Å². The van der Waals surface area contributed by atoms with Crippen molar-refractivity contribution in [2.75, 3.05) is 13.1 Å². The first kappa shape index (κ1) is 14.0. The first-order chi connectivity index (χ1) is 10.2. The molecule has 0 radical (unpaired) electrons. The van der Waals surface area contributed by atoms with Gasteiger partial charge in [-0.05, 0) is 24.3 Å². The highest BCUT2D eigenvalue weighted by Gasteiger charge is 2.25. The zero-order valence-corrected chi connectivity index (χ0v) is 12.3. The Morgan fingerprint density at radius 2 is 1.86 bits per heavy atom. The molecule has 1 aromatic heterocycles. The first-order valence-electron chi connectivity index (χ1n) is 7.06. The fraction of sp³-hybridized carbons (Fsp3) is 0.312. The average Bonchev–Trinajstić information content (AvgIpc) is 2.55. The summed E-state index contributed by atoms with van der Waals surface area (Å²) in [5.74, 6) is 0.442. The second-order valence-electron chi connectivity index (χ2n) is 5.20. The summed E-state index contributed by atoms with van der Waals surface area (Å²) in [6.07, 6.45) is 4.85. The fourth-order valence-electron chi connectivity index (χ4n) is 2.75. The van der Waals surface area contributed by atoms with E-state index >= 15 is 0 Å². The number of piperidine rings is 1. The van der Waals surface area contributed by atoms with Crippen LogP contribution in [0.4, 0.5) is 0 Å². The Labute approximate surface area is 128 Å². The lowest BCUT2D eigenvalue weighted by Gasteiger charge is -2.32. The second-order valence-corrected chi connectivity index (χ2v) is 5.59. The van der Waals surface area contributed by atoms with E-state index in [-0.39, 0.29) is 11.1 Å². The third kappa shape index (κ3) is 3.22. The SMILES string of the molecule is O=C(c1cncc(Cl)n1)N1CCC(c2ccccc2)CC1. The van der Waals surface area contributed by atoms with Gasteiger partial charge in [-0.2, -0.15) is 0 Å². The number of nitrogens with zero attached hydrogens (tertiary/aromatic N) is 3. The van der Waals surface area contributed by atoms with E-state index in [1.54, 1.807) is 0 Å². The van der Waals surface area contributed by atoms with E-state index in [1.165, 1.54) is 18.0 Å². The van der Waals surface area contributed by atoms with Gasteiger partial charge in [-0.15, -0.1) is 0 Å². The molecule has 5 heteroatoms. The Bertz CT molecular complexity index is 624. The van der Waals surface area contributed by atoms with Crippen molar-refractivity contribution in [1.29, 1.82) is 0 Å². The molecule has 2 heterocycles. The van der Waals surface area contributed by atoms with Gasteiger partial charge in [-0.3, -0.25) is 9.78 Å². The van der Waals surface area contributed by atoms with Crippen molar-refractivity contribution in [2.24, 2.45) is 0 Å². The third-order valence-corrected chi connectivity index (χ3v) is 4.06. The van der Waals surface area contributed by atoms with Crippen LogP contribution in [-0.2, 0) is 0 Å². The van der Waals surface area contributed by atoms with Gasteiger partial charge >= 0.3 is 0 Å². The van der Waals surface area contributed by atoms with Crippen molar-refractivity contribution in [1.82, 2.24) is 14.9 Å². The van der Waals surface area contributed by atoms with Crippen LogP contribution in [0.2, 0.25) is 5.15 Å². The molecule has 3 rings (SSSR count). The Hall–Kier alpha value is -1.94. The van der Waals surface area contributed by atoms with Gasteiger partial charge in [0.15, 0.2) is 0 Å². The number of benzene rings is 1. The summed E-state index contributed by atoms with van der Waals surface area (Å²) in [5, 5.41) is 0.250. The van der Waals surface area contributed by atoms with Crippen LogP contribution < -0.4 is 0 Å². The van der Waals surface area contributed by atoms with Crippen molar-refractivity contribution < 1.29 is 4.79 Å². The first-order valence-corrected chi connectivity index (χ1v) is 7.43. The number of halogens is 1. The topological polar surface area (TPSA) is 46.1 Å². The number of carbonyl (C=O) groups is 1. The molecule has 0 bridgehead atoms. The van der Waals surface area contributed by atoms with E-state index in [2.05, 4.69) is 34.2 Å². The number of aromatic nitrogens is 2. The van der Waals surface area contributed by atoms with Crippen molar-refractivity contribution >= 4 is 17.5 Å². The lowest BCUT2D eigenvalue weighted by molar-refractivity contribution is 0.0706. The third-order valence-electron chi connectivity index (χ3n) is 3.88. The van der Waals surface area contributed by atoms with Crippen molar-refractivity contribution in [3.63, 3.8) is 0 Å². The maximum Gasteiger partial charge on any atom is 0.274 e. The Kier molecular flexibility index (Phi) is 4.15. The zero-order valence-electron chi connectivity index (χ0n) is 11.6. The Morgan fingerprint density at radius 3 is 2.52 bits per heavy atom. The van der Waals surface area contributed by atoms with Gasteiger partial charge in [0, 0.05) is 13.1 Å². The molecule has 0 spiro atoms. The molecule has 2 aromatic rings. The quantitative estimate of drug-likeness (QED) is 0.856. The predicted molar refractivity (Wildman–Crippen MR) is 81.4 cm³/mol. The molecule has 1 saturated heterocycles. The minimum absolute atomic E-state index is 0.0866. The van der Waals surface area contributed by atoms with E-state index in [4.69, 9.17) is 11.6 Å². The van der Waals surface area contributed by atoms with Gasteiger partial charge in [0.25, 0.3) is 5.91 Å². The number of rotatable bonds is 2. The highest BCUT2D eigenvalue weighted by Crippen LogP contribution is 2.28. The molecule has 1 fully saturated rings. The standard InChI is InChI=1S/C16H16ClN3O/c17-15-11-18-10-14(19-15)16(21)20-8-6-13(7-9-20)12-4-2-1-3-5-12/h1-5,10-11,13H,6-9H2. The maximum atomic E-state index is 12.4. The summed E-state index contributed by atoms with van der Waals surface area (Å²) in [5.41, 5.74) is 1.67. The van der Waals surface area contributed by atoms with Crippen LogP contribution in [0, 0.1) is 0 Å². The molecular formula is C16H16ClN3O. The van der Waals surface area contributed by atoms with E-state index in [9.17, 15) is 4.79 Å². The number of carbonyl (C=O) groups excluding carboxylic acids is 1. The molecule has 0 saturated carbocycles. The number of hydrogen-bond acceptors (Lipinski definition) is 3. The molecule has 4 nitrogen and oxygen atoms in total. The monoisotopic (exact) mass is 301 g/mol. The van der Waals surface area contributed by atoms with Gasteiger partial charge in [-0.1, -0.05) is 41.9 Å². The van der Waals surface area contributed by atoms with Crippen LogP contribution in [0.15, 0.2) is 42.7 Å². The number of likely N-dealkylation sites (tertiary alicyclic amines) is 1. The molecule has 0 N–H and O–H groups in total. The van der Waals surface area contributed by atoms with Gasteiger partial charge in [0.05, 0.1) is 12.4 Å². The summed E-state index contributed by atoms with van der Waals surface area (Å²) in [6, 6.07) is 10.5. The number of hydrogen-bond donors (Lipinski definition) is 0. The summed E-state index contributed by atoms with van der Waals surface area (Å²) < 4.78 is 0. The molecule has 0 atom stereocenters. The van der Waals surface area contributed by atoms with E-state index in [1.807, 2.05) is 11.0 Å². The molecule has 1 aromatic carbocycles. The Balaban J connectivity index is 1.64. The van der Waals surface area contributed by atoms with Crippen LogP contribution in [0.1, 0.15) is 34.8 Å². The van der Waals surface area contributed by atoms with Crippen LogP contribution in [0.5, 0.6) is 0 Å². The molecule has 1 aliphatic heterocycles. The van der Waals surface area contributed by atoms with Gasteiger partial charge < -0.3 is 4.90 Å². The van der Waals surface area contributed by atoms with Crippen LogP contribution in [0.25, 0.3) is 0 Å². The summed E-state index contributed by atoms with van der Waals surface area (Å²) in [6.45, 7) is 1.49. The summed E-state index contributed by atoms with van der Waals surface area (Å²) >= 11 is 5.79. The zero-order chi connectivity index (χ0) is 14.7. The lowest BCUT2D eigenvalue weighted by Crippen LogP contribution is -2.38.